The predicted octanol–water partition coefficient (Wildman–Crippen LogP) is 3.74. The van der Waals surface area contributed by atoms with Gasteiger partial charge in [-0.3, -0.25) is 4.79 Å². The number of aliphatic hydroxyl groups is 1. The van der Waals surface area contributed by atoms with Crippen molar-refractivity contribution in [2.75, 3.05) is 6.61 Å². The van der Waals surface area contributed by atoms with Crippen LogP contribution in [-0.4, -0.2) is 17.6 Å². The minimum absolute atomic E-state index is 0.140. The maximum absolute atomic E-state index is 12.2. The SMILES string of the molecule is O=C(NC(CO)c1ccccc1)c1cc(Br)sc1Br. The topological polar surface area (TPSA) is 49.3 Å². The number of halogens is 2. The number of nitrogens with one attached hydrogen (secondary N) is 1. The molecule has 0 radical (unpaired) electrons. The van der Waals surface area contributed by atoms with Crippen molar-refractivity contribution < 1.29 is 9.90 Å². The van der Waals surface area contributed by atoms with Gasteiger partial charge < -0.3 is 10.4 Å². The van der Waals surface area contributed by atoms with E-state index in [1.807, 2.05) is 30.3 Å². The van der Waals surface area contributed by atoms with Crippen LogP contribution in [0.4, 0.5) is 0 Å². The zero-order valence-corrected chi connectivity index (χ0v) is 13.8. The van der Waals surface area contributed by atoms with E-state index in [-0.39, 0.29) is 12.5 Å². The van der Waals surface area contributed by atoms with E-state index >= 15 is 0 Å². The van der Waals surface area contributed by atoms with Crippen LogP contribution < -0.4 is 5.32 Å². The molecule has 0 spiro atoms. The molecular weight excluding hydrogens is 394 g/mol. The highest BCUT2D eigenvalue weighted by molar-refractivity contribution is 9.12. The largest absolute Gasteiger partial charge is 0.394 e. The summed E-state index contributed by atoms with van der Waals surface area (Å²) in [7, 11) is 0. The van der Waals surface area contributed by atoms with Gasteiger partial charge in [-0.05, 0) is 43.5 Å². The van der Waals surface area contributed by atoms with Crippen molar-refractivity contribution in [2.45, 2.75) is 6.04 Å². The van der Waals surface area contributed by atoms with Crippen molar-refractivity contribution in [1.82, 2.24) is 5.32 Å². The van der Waals surface area contributed by atoms with E-state index in [9.17, 15) is 9.90 Å². The molecule has 3 nitrogen and oxygen atoms in total. The van der Waals surface area contributed by atoms with E-state index < -0.39 is 6.04 Å². The van der Waals surface area contributed by atoms with Crippen molar-refractivity contribution >= 4 is 49.1 Å². The van der Waals surface area contributed by atoms with Crippen LogP contribution in [0, 0.1) is 0 Å². The monoisotopic (exact) mass is 403 g/mol. The number of carbonyl (C=O) groups is 1. The Morgan fingerprint density at radius 3 is 2.53 bits per heavy atom. The molecule has 2 aromatic rings. The minimum atomic E-state index is -0.403. The Hall–Kier alpha value is -0.690. The summed E-state index contributed by atoms with van der Waals surface area (Å²) in [6, 6.07) is 10.7. The quantitative estimate of drug-likeness (QED) is 0.815. The second kappa shape index (κ2) is 6.65. The van der Waals surface area contributed by atoms with Gasteiger partial charge >= 0.3 is 0 Å². The highest BCUT2D eigenvalue weighted by atomic mass is 79.9. The fourth-order valence-corrected chi connectivity index (χ4v) is 4.44. The first kappa shape index (κ1) is 14.7. The van der Waals surface area contributed by atoms with Crippen LogP contribution in [0.25, 0.3) is 0 Å². The molecule has 0 bridgehead atoms. The number of rotatable bonds is 4. The number of thiophene rings is 1. The molecule has 0 aliphatic rings. The zero-order chi connectivity index (χ0) is 13.8. The normalized spacial score (nSPS) is 12.2. The van der Waals surface area contributed by atoms with E-state index in [2.05, 4.69) is 37.2 Å². The maximum atomic E-state index is 12.2. The molecule has 1 atom stereocenters. The molecule has 0 fully saturated rings. The van der Waals surface area contributed by atoms with E-state index in [0.29, 0.717) is 5.56 Å². The maximum Gasteiger partial charge on any atom is 0.253 e. The first-order valence-electron chi connectivity index (χ1n) is 5.53. The molecular formula is C13H11Br2NO2S. The van der Waals surface area contributed by atoms with E-state index in [4.69, 9.17) is 0 Å². The molecule has 1 heterocycles. The second-order valence-electron chi connectivity index (χ2n) is 3.86. The summed E-state index contributed by atoms with van der Waals surface area (Å²) in [6.07, 6.45) is 0. The Morgan fingerprint density at radius 2 is 2.00 bits per heavy atom. The summed E-state index contributed by atoms with van der Waals surface area (Å²) in [4.78, 5) is 12.2. The van der Waals surface area contributed by atoms with Gasteiger partial charge in [0.2, 0.25) is 0 Å². The minimum Gasteiger partial charge on any atom is -0.394 e. The standard InChI is InChI=1S/C13H11Br2NO2S/c14-11-6-9(12(15)19-11)13(18)16-10(7-17)8-4-2-1-3-5-8/h1-6,10,17H,7H2,(H,16,18). The molecule has 6 heteroatoms. The smallest absolute Gasteiger partial charge is 0.253 e. The van der Waals surface area contributed by atoms with Gasteiger partial charge in [-0.1, -0.05) is 30.3 Å². The van der Waals surface area contributed by atoms with Crippen molar-refractivity contribution in [2.24, 2.45) is 0 Å². The molecule has 1 aromatic heterocycles. The molecule has 19 heavy (non-hydrogen) atoms. The van der Waals surface area contributed by atoms with Crippen LogP contribution in [0.1, 0.15) is 22.0 Å². The van der Waals surface area contributed by atoms with Gasteiger partial charge in [-0.2, -0.15) is 0 Å². The van der Waals surface area contributed by atoms with Gasteiger partial charge in [0, 0.05) is 0 Å². The van der Waals surface area contributed by atoms with Gasteiger partial charge in [0.1, 0.15) is 0 Å². The Balaban J connectivity index is 2.15. The molecule has 1 amide bonds. The third-order valence-corrected chi connectivity index (χ3v) is 4.93. The molecule has 1 aromatic carbocycles. The summed E-state index contributed by atoms with van der Waals surface area (Å²) in [5.41, 5.74) is 1.44. The van der Waals surface area contributed by atoms with Crippen molar-refractivity contribution in [3.63, 3.8) is 0 Å². The van der Waals surface area contributed by atoms with Crippen molar-refractivity contribution in [3.05, 3.63) is 55.1 Å². The van der Waals surface area contributed by atoms with Crippen LogP contribution in [0.2, 0.25) is 0 Å². The number of amides is 1. The lowest BCUT2D eigenvalue weighted by molar-refractivity contribution is 0.0916. The Labute approximate surface area is 131 Å². The summed E-state index contributed by atoms with van der Waals surface area (Å²) in [5, 5.41) is 12.2. The van der Waals surface area contributed by atoms with E-state index in [1.165, 1.54) is 11.3 Å². The van der Waals surface area contributed by atoms with Gasteiger partial charge in [0.05, 0.1) is 25.8 Å². The summed E-state index contributed by atoms with van der Waals surface area (Å²) < 4.78 is 1.64. The van der Waals surface area contributed by atoms with Gasteiger partial charge in [0.25, 0.3) is 5.91 Å². The highest BCUT2D eigenvalue weighted by Gasteiger charge is 2.18. The third-order valence-electron chi connectivity index (χ3n) is 2.59. The van der Waals surface area contributed by atoms with Gasteiger partial charge in [-0.25, -0.2) is 0 Å². The lowest BCUT2D eigenvalue weighted by atomic mass is 10.1. The lowest BCUT2D eigenvalue weighted by Gasteiger charge is -2.16. The van der Waals surface area contributed by atoms with Gasteiger partial charge in [-0.15, -0.1) is 11.3 Å². The van der Waals surface area contributed by atoms with Crippen molar-refractivity contribution in [1.29, 1.82) is 0 Å². The first-order chi connectivity index (χ1) is 9.11. The number of hydrogen-bond donors (Lipinski definition) is 2. The van der Waals surface area contributed by atoms with Crippen LogP contribution in [0.3, 0.4) is 0 Å². The summed E-state index contributed by atoms with van der Waals surface area (Å²) in [6.45, 7) is -0.140. The van der Waals surface area contributed by atoms with Crippen molar-refractivity contribution in [3.8, 4) is 0 Å². The first-order valence-corrected chi connectivity index (χ1v) is 7.93. The number of aliphatic hydroxyl groups excluding tert-OH is 1. The molecule has 1 unspecified atom stereocenters. The molecule has 0 saturated carbocycles. The van der Waals surface area contributed by atoms with Crippen LogP contribution in [0.5, 0.6) is 0 Å². The van der Waals surface area contributed by atoms with Gasteiger partial charge in [0.15, 0.2) is 0 Å². The highest BCUT2D eigenvalue weighted by Crippen LogP contribution is 2.32. The zero-order valence-electron chi connectivity index (χ0n) is 9.77. The summed E-state index contributed by atoms with van der Waals surface area (Å²) >= 11 is 8.13. The number of hydrogen-bond acceptors (Lipinski definition) is 3. The third kappa shape index (κ3) is 3.66. The number of carbonyl (C=O) groups excluding carboxylic acids is 1. The van der Waals surface area contributed by atoms with Crippen LogP contribution in [0.15, 0.2) is 44.0 Å². The molecule has 2 rings (SSSR count). The fourth-order valence-electron chi connectivity index (χ4n) is 1.65. The Morgan fingerprint density at radius 1 is 1.32 bits per heavy atom. The van der Waals surface area contributed by atoms with E-state index in [1.54, 1.807) is 6.07 Å². The lowest BCUT2D eigenvalue weighted by Crippen LogP contribution is -2.30. The summed E-state index contributed by atoms with van der Waals surface area (Å²) in [5.74, 6) is -0.211. The molecule has 0 saturated heterocycles. The average molecular weight is 405 g/mol. The fraction of sp³-hybridized carbons (Fsp3) is 0.154. The van der Waals surface area contributed by atoms with Crippen LogP contribution >= 0.6 is 43.2 Å². The average Bonchev–Trinajstić information content (AvgIpc) is 2.76. The Kier molecular flexibility index (Phi) is 5.15. The Bertz CT molecular complexity index is 571. The molecule has 100 valence electrons. The second-order valence-corrected chi connectivity index (χ2v) is 7.61. The molecule has 2 N–H and O–H groups in total. The number of benzene rings is 1. The predicted molar refractivity (Wildman–Crippen MR) is 83.5 cm³/mol. The molecule has 0 aliphatic carbocycles. The van der Waals surface area contributed by atoms with Crippen LogP contribution in [-0.2, 0) is 0 Å². The molecule has 0 aliphatic heterocycles. The van der Waals surface area contributed by atoms with E-state index in [0.717, 1.165) is 13.1 Å².